The number of carbonyl (C=O) groups is 2. The Labute approximate surface area is 161 Å². The van der Waals surface area contributed by atoms with E-state index in [0.717, 1.165) is 24.0 Å². The van der Waals surface area contributed by atoms with Crippen molar-refractivity contribution in [3.63, 3.8) is 0 Å². The quantitative estimate of drug-likeness (QED) is 0.852. The van der Waals surface area contributed by atoms with Crippen LogP contribution in [-0.2, 0) is 11.3 Å². The number of benzene rings is 1. The molecule has 0 spiro atoms. The van der Waals surface area contributed by atoms with Gasteiger partial charge in [0.15, 0.2) is 0 Å². The number of aromatic nitrogens is 1. The Morgan fingerprint density at radius 1 is 1.30 bits per heavy atom. The van der Waals surface area contributed by atoms with E-state index in [9.17, 15) is 14.7 Å². The van der Waals surface area contributed by atoms with Gasteiger partial charge in [0, 0.05) is 19.3 Å². The van der Waals surface area contributed by atoms with Crippen LogP contribution < -0.4 is 4.74 Å². The van der Waals surface area contributed by atoms with Crippen LogP contribution in [0.2, 0.25) is 5.02 Å². The van der Waals surface area contributed by atoms with Gasteiger partial charge in [0.05, 0.1) is 18.1 Å². The molecule has 0 saturated heterocycles. The molecule has 1 atom stereocenters. The summed E-state index contributed by atoms with van der Waals surface area (Å²) in [6, 6.07) is 8.85. The van der Waals surface area contributed by atoms with Crippen molar-refractivity contribution >= 4 is 23.5 Å². The first kappa shape index (κ1) is 17.8. The number of hydrogen-bond donors (Lipinski definition) is 1. The van der Waals surface area contributed by atoms with E-state index in [4.69, 9.17) is 16.3 Å². The molecule has 6 nitrogen and oxygen atoms in total. The fraction of sp³-hybridized carbons (Fsp3) is 0.350. The van der Waals surface area contributed by atoms with Crippen molar-refractivity contribution in [2.75, 3.05) is 13.2 Å². The average molecular weight is 387 g/mol. The molecule has 1 aliphatic carbocycles. The molecule has 0 bridgehead atoms. The number of aliphatic carboxylic acids is 1. The Morgan fingerprint density at radius 2 is 2.07 bits per heavy atom. The number of amides is 1. The van der Waals surface area contributed by atoms with Gasteiger partial charge in [0.2, 0.25) is 5.88 Å². The van der Waals surface area contributed by atoms with E-state index < -0.39 is 11.9 Å². The van der Waals surface area contributed by atoms with Crippen molar-refractivity contribution in [1.29, 1.82) is 0 Å². The lowest BCUT2D eigenvalue weighted by Crippen LogP contribution is -2.40. The highest BCUT2D eigenvalue weighted by Gasteiger charge is 2.33. The molecule has 1 saturated carbocycles. The van der Waals surface area contributed by atoms with Crippen LogP contribution in [0, 0.1) is 5.92 Å². The van der Waals surface area contributed by atoms with Crippen molar-refractivity contribution in [2.45, 2.75) is 25.3 Å². The molecule has 1 aliphatic heterocycles. The highest BCUT2D eigenvalue weighted by atomic mass is 35.5. The first-order chi connectivity index (χ1) is 13.0. The number of halogens is 1. The molecule has 1 unspecified atom stereocenters. The van der Waals surface area contributed by atoms with Crippen LogP contribution in [-0.4, -0.2) is 40.0 Å². The number of fused-ring (bicyclic) bond motifs is 1. The van der Waals surface area contributed by atoms with E-state index in [1.807, 2.05) is 18.2 Å². The predicted molar refractivity (Wildman–Crippen MR) is 99.0 cm³/mol. The van der Waals surface area contributed by atoms with Gasteiger partial charge < -0.3 is 14.7 Å². The largest absolute Gasteiger partial charge is 0.481 e. The number of ether oxygens (including phenoxy) is 1. The van der Waals surface area contributed by atoms with Gasteiger partial charge >= 0.3 is 5.97 Å². The van der Waals surface area contributed by atoms with Gasteiger partial charge in [-0.3, -0.25) is 9.59 Å². The molecule has 27 heavy (non-hydrogen) atoms. The Morgan fingerprint density at radius 3 is 2.78 bits per heavy atom. The third kappa shape index (κ3) is 3.76. The fourth-order valence-corrected chi connectivity index (χ4v) is 3.51. The molecule has 4 rings (SSSR count). The van der Waals surface area contributed by atoms with E-state index in [1.165, 1.54) is 17.2 Å². The molecular formula is C20H19ClN2O4. The highest BCUT2D eigenvalue weighted by molar-refractivity contribution is 6.32. The van der Waals surface area contributed by atoms with E-state index in [0.29, 0.717) is 30.5 Å². The van der Waals surface area contributed by atoms with Crippen molar-refractivity contribution in [2.24, 2.45) is 5.92 Å². The lowest BCUT2D eigenvalue weighted by molar-refractivity contribution is -0.139. The first-order valence-electron chi connectivity index (χ1n) is 8.91. The zero-order valence-electron chi connectivity index (χ0n) is 14.6. The van der Waals surface area contributed by atoms with Crippen molar-refractivity contribution < 1.29 is 19.4 Å². The molecule has 7 heteroatoms. The number of carbonyl (C=O) groups excluding carboxylic acids is 1. The van der Waals surface area contributed by atoms with E-state index in [2.05, 4.69) is 4.98 Å². The topological polar surface area (TPSA) is 79.7 Å². The molecule has 1 aromatic carbocycles. The maximum Gasteiger partial charge on any atom is 0.312 e. The number of hydrogen-bond acceptors (Lipinski definition) is 4. The maximum absolute atomic E-state index is 12.9. The van der Waals surface area contributed by atoms with Crippen LogP contribution in [0.15, 0.2) is 36.5 Å². The van der Waals surface area contributed by atoms with Crippen LogP contribution in [0.1, 0.15) is 40.2 Å². The number of carboxylic acids is 1. The van der Waals surface area contributed by atoms with Crippen molar-refractivity contribution in [3.05, 3.63) is 58.2 Å². The zero-order valence-corrected chi connectivity index (χ0v) is 15.4. The molecule has 140 valence electrons. The summed E-state index contributed by atoms with van der Waals surface area (Å²) < 4.78 is 5.59. The summed E-state index contributed by atoms with van der Waals surface area (Å²) >= 11 is 6.22. The molecule has 0 radical (unpaired) electrons. The molecular weight excluding hydrogens is 368 g/mol. The first-order valence-corrected chi connectivity index (χ1v) is 9.29. The standard InChI is InChI=1S/C20H19ClN2O4/c21-17-7-14(8-22-18(17)27-11-12-5-6-12)19(24)23-9-13-3-1-2-4-15(13)16(10-23)20(25)26/h1-4,7-8,12,16H,5-6,9-11H2,(H,25,26). The summed E-state index contributed by atoms with van der Waals surface area (Å²) in [4.78, 5) is 30.3. The van der Waals surface area contributed by atoms with Gasteiger partial charge in [-0.05, 0) is 36.0 Å². The Hall–Kier alpha value is -2.60. The van der Waals surface area contributed by atoms with E-state index >= 15 is 0 Å². The van der Waals surface area contributed by atoms with Crippen LogP contribution in [0.3, 0.4) is 0 Å². The lowest BCUT2D eigenvalue weighted by atomic mass is 9.89. The molecule has 2 aromatic rings. The molecule has 1 fully saturated rings. The summed E-state index contributed by atoms with van der Waals surface area (Å²) in [6.45, 7) is 1.06. The SMILES string of the molecule is O=C(O)C1CN(C(=O)c2cnc(OCC3CC3)c(Cl)c2)Cc2ccccc21. The predicted octanol–water partition coefficient (Wildman–Crippen LogP) is 3.35. The van der Waals surface area contributed by atoms with Gasteiger partial charge in [0.25, 0.3) is 5.91 Å². The minimum Gasteiger partial charge on any atom is -0.481 e. The Kier molecular flexibility index (Phi) is 4.74. The summed E-state index contributed by atoms with van der Waals surface area (Å²) in [7, 11) is 0. The maximum atomic E-state index is 12.9. The number of nitrogens with zero attached hydrogens (tertiary/aromatic N) is 2. The molecule has 2 heterocycles. The fourth-order valence-electron chi connectivity index (χ4n) is 3.29. The number of rotatable bonds is 5. The highest BCUT2D eigenvalue weighted by Crippen LogP contribution is 2.32. The lowest BCUT2D eigenvalue weighted by Gasteiger charge is -2.32. The van der Waals surface area contributed by atoms with Crippen LogP contribution in [0.5, 0.6) is 5.88 Å². The minimum absolute atomic E-state index is 0.114. The zero-order chi connectivity index (χ0) is 19.0. The van der Waals surface area contributed by atoms with Crippen LogP contribution in [0.25, 0.3) is 0 Å². The molecule has 1 N–H and O–H groups in total. The Balaban J connectivity index is 1.54. The third-order valence-electron chi connectivity index (χ3n) is 4.99. The number of carboxylic acid groups (broad SMARTS) is 1. The normalized spacial score (nSPS) is 18.7. The summed E-state index contributed by atoms with van der Waals surface area (Å²) in [5.74, 6) is -1.08. The smallest absolute Gasteiger partial charge is 0.312 e. The molecule has 1 aromatic heterocycles. The second-order valence-electron chi connectivity index (χ2n) is 7.04. The van der Waals surface area contributed by atoms with Crippen molar-refractivity contribution in [3.8, 4) is 5.88 Å². The van der Waals surface area contributed by atoms with Gasteiger partial charge in [-0.2, -0.15) is 0 Å². The average Bonchev–Trinajstić information content (AvgIpc) is 3.49. The summed E-state index contributed by atoms with van der Waals surface area (Å²) in [6.07, 6.45) is 3.76. The second-order valence-corrected chi connectivity index (χ2v) is 7.45. The van der Waals surface area contributed by atoms with Gasteiger partial charge in [-0.25, -0.2) is 4.98 Å². The number of pyridine rings is 1. The van der Waals surface area contributed by atoms with Crippen LogP contribution >= 0.6 is 11.6 Å². The van der Waals surface area contributed by atoms with Crippen LogP contribution in [0.4, 0.5) is 0 Å². The minimum atomic E-state index is -0.945. The molecule has 1 amide bonds. The Bertz CT molecular complexity index is 897. The monoisotopic (exact) mass is 386 g/mol. The van der Waals surface area contributed by atoms with Gasteiger partial charge in [-0.1, -0.05) is 35.9 Å². The van der Waals surface area contributed by atoms with E-state index in [1.54, 1.807) is 6.07 Å². The van der Waals surface area contributed by atoms with E-state index in [-0.39, 0.29) is 17.5 Å². The third-order valence-corrected chi connectivity index (χ3v) is 5.26. The molecule has 2 aliphatic rings. The summed E-state index contributed by atoms with van der Waals surface area (Å²) in [5.41, 5.74) is 1.92. The van der Waals surface area contributed by atoms with Gasteiger partial charge in [0.1, 0.15) is 5.02 Å². The van der Waals surface area contributed by atoms with Gasteiger partial charge in [-0.15, -0.1) is 0 Å². The van der Waals surface area contributed by atoms with Crippen molar-refractivity contribution in [1.82, 2.24) is 9.88 Å². The summed E-state index contributed by atoms with van der Waals surface area (Å²) in [5, 5.41) is 9.84. The second kappa shape index (κ2) is 7.19.